The van der Waals surface area contributed by atoms with Gasteiger partial charge in [0, 0.05) is 10.6 Å². The van der Waals surface area contributed by atoms with Crippen LogP contribution in [0.5, 0.6) is 0 Å². The highest BCUT2D eigenvalue weighted by Gasteiger charge is 2.52. The number of amides is 1. The minimum absolute atomic E-state index is 0.105. The van der Waals surface area contributed by atoms with E-state index in [-0.39, 0.29) is 11.7 Å². The molecular weight excluding hydrogens is 309 g/mol. The summed E-state index contributed by atoms with van der Waals surface area (Å²) in [6, 6.07) is 3.40. The number of carbonyl (C=O) groups is 1. The van der Waals surface area contributed by atoms with Crippen molar-refractivity contribution in [1.82, 2.24) is 5.32 Å². The average molecular weight is 326 g/mol. The predicted molar refractivity (Wildman–Crippen MR) is 84.7 cm³/mol. The maximum Gasteiger partial charge on any atom is 0.256 e. The number of benzene rings is 1. The lowest BCUT2D eigenvalue weighted by Crippen LogP contribution is -2.43. The number of halogens is 2. The van der Waals surface area contributed by atoms with Crippen molar-refractivity contribution in [3.8, 4) is 0 Å². The molecule has 1 aliphatic heterocycles. The highest BCUT2D eigenvalue weighted by Crippen LogP contribution is 2.48. The van der Waals surface area contributed by atoms with E-state index in [2.05, 4.69) is 5.32 Å². The van der Waals surface area contributed by atoms with E-state index < -0.39 is 5.54 Å². The van der Waals surface area contributed by atoms with E-state index in [0.29, 0.717) is 33.5 Å². The van der Waals surface area contributed by atoms with Crippen LogP contribution in [0.3, 0.4) is 0 Å². The van der Waals surface area contributed by atoms with Gasteiger partial charge in [-0.15, -0.1) is 0 Å². The predicted octanol–water partition coefficient (Wildman–Crippen LogP) is 4.12. The van der Waals surface area contributed by atoms with Gasteiger partial charge in [0.2, 0.25) is 0 Å². The third-order valence-corrected chi connectivity index (χ3v) is 5.01. The van der Waals surface area contributed by atoms with Crippen LogP contribution >= 0.6 is 23.2 Å². The number of aliphatic hydroxyl groups is 1. The molecule has 1 amide bonds. The zero-order valence-corrected chi connectivity index (χ0v) is 13.5. The number of rotatable bonds is 3. The second-order valence-electron chi connectivity index (χ2n) is 5.93. The molecule has 5 heteroatoms. The van der Waals surface area contributed by atoms with Crippen molar-refractivity contribution in [2.75, 3.05) is 0 Å². The Morgan fingerprint density at radius 2 is 2.05 bits per heavy atom. The lowest BCUT2D eigenvalue weighted by molar-refractivity contribution is -0.116. The maximum atomic E-state index is 12.4. The Kier molecular flexibility index (Phi) is 3.45. The first-order chi connectivity index (χ1) is 9.88. The summed E-state index contributed by atoms with van der Waals surface area (Å²) in [5.41, 5.74) is 1.09. The molecule has 0 aromatic heterocycles. The van der Waals surface area contributed by atoms with Crippen LogP contribution in [0, 0.1) is 5.92 Å². The zero-order valence-electron chi connectivity index (χ0n) is 12.0. The second-order valence-corrected chi connectivity index (χ2v) is 6.77. The summed E-state index contributed by atoms with van der Waals surface area (Å²) in [5, 5.41) is 14.5. The quantitative estimate of drug-likeness (QED) is 0.878. The molecule has 112 valence electrons. The van der Waals surface area contributed by atoms with Crippen LogP contribution in [-0.4, -0.2) is 16.6 Å². The molecule has 2 N–H and O–H groups in total. The molecule has 1 aromatic carbocycles. The van der Waals surface area contributed by atoms with Crippen LogP contribution in [0.2, 0.25) is 10.0 Å². The van der Waals surface area contributed by atoms with E-state index in [9.17, 15) is 9.90 Å². The third-order valence-electron chi connectivity index (χ3n) is 4.49. The molecule has 1 unspecified atom stereocenters. The Balaban J connectivity index is 2.20. The lowest BCUT2D eigenvalue weighted by atomic mass is 9.91. The van der Waals surface area contributed by atoms with Crippen molar-refractivity contribution < 1.29 is 9.90 Å². The van der Waals surface area contributed by atoms with Crippen LogP contribution in [-0.2, 0) is 11.2 Å². The number of hydrogen-bond donors (Lipinski definition) is 2. The minimum Gasteiger partial charge on any atom is -0.509 e. The molecule has 0 radical (unpaired) electrons. The number of aryl methyl sites for hydroxylation is 1. The highest BCUT2D eigenvalue weighted by molar-refractivity contribution is 6.38. The van der Waals surface area contributed by atoms with E-state index in [1.165, 1.54) is 0 Å². The summed E-state index contributed by atoms with van der Waals surface area (Å²) in [5.74, 6) is 0.143. The Morgan fingerprint density at radius 1 is 1.38 bits per heavy atom. The average Bonchev–Trinajstić information content (AvgIpc) is 3.22. The molecule has 1 atom stereocenters. The summed E-state index contributed by atoms with van der Waals surface area (Å²) < 4.78 is 0. The molecule has 1 aliphatic carbocycles. The first-order valence-electron chi connectivity index (χ1n) is 7.13. The van der Waals surface area contributed by atoms with Crippen LogP contribution in [0.1, 0.15) is 37.8 Å². The Hall–Kier alpha value is -1.19. The van der Waals surface area contributed by atoms with Crippen LogP contribution in [0.4, 0.5) is 0 Å². The fourth-order valence-electron chi connectivity index (χ4n) is 3.10. The van der Waals surface area contributed by atoms with Crippen LogP contribution < -0.4 is 5.32 Å². The summed E-state index contributed by atoms with van der Waals surface area (Å²) >= 11 is 12.3. The van der Waals surface area contributed by atoms with Crippen LogP contribution in [0.15, 0.2) is 17.9 Å². The molecule has 0 bridgehead atoms. The minimum atomic E-state index is -0.666. The molecule has 1 heterocycles. The van der Waals surface area contributed by atoms with Crippen molar-refractivity contribution in [3.05, 3.63) is 39.1 Å². The number of hydrogen-bond acceptors (Lipinski definition) is 2. The fraction of sp³-hybridized carbons (Fsp3) is 0.438. The zero-order chi connectivity index (χ0) is 15.4. The van der Waals surface area contributed by atoms with Gasteiger partial charge >= 0.3 is 0 Å². The first-order valence-corrected chi connectivity index (χ1v) is 7.88. The van der Waals surface area contributed by atoms with Gasteiger partial charge in [0.25, 0.3) is 5.91 Å². The van der Waals surface area contributed by atoms with E-state index >= 15 is 0 Å². The number of aliphatic hydroxyl groups excluding tert-OH is 1. The first kappa shape index (κ1) is 14.7. The van der Waals surface area contributed by atoms with Crippen molar-refractivity contribution in [3.63, 3.8) is 0 Å². The largest absolute Gasteiger partial charge is 0.509 e. The summed E-state index contributed by atoms with van der Waals surface area (Å²) in [6.45, 7) is 3.84. The molecule has 3 rings (SSSR count). The summed E-state index contributed by atoms with van der Waals surface area (Å²) in [6.07, 6.45) is 2.71. The Bertz CT molecular complexity index is 664. The van der Waals surface area contributed by atoms with Gasteiger partial charge in [-0.1, -0.05) is 30.1 Å². The van der Waals surface area contributed by atoms with E-state index in [0.717, 1.165) is 18.4 Å². The van der Waals surface area contributed by atoms with Gasteiger partial charge in [0.05, 0.1) is 16.1 Å². The van der Waals surface area contributed by atoms with E-state index in [4.69, 9.17) is 23.2 Å². The van der Waals surface area contributed by atoms with Gasteiger partial charge in [-0.05, 0) is 49.8 Å². The summed E-state index contributed by atoms with van der Waals surface area (Å²) in [4.78, 5) is 12.4. The lowest BCUT2D eigenvalue weighted by Gasteiger charge is -2.24. The highest BCUT2D eigenvalue weighted by atomic mass is 35.5. The molecule has 1 aromatic rings. The monoisotopic (exact) mass is 325 g/mol. The van der Waals surface area contributed by atoms with Gasteiger partial charge < -0.3 is 10.4 Å². The maximum absolute atomic E-state index is 12.4. The molecular formula is C16H17Cl2NO2. The number of nitrogens with one attached hydrogen (secondary N) is 1. The normalized spacial score (nSPS) is 25.4. The van der Waals surface area contributed by atoms with Gasteiger partial charge in [-0.25, -0.2) is 0 Å². The topological polar surface area (TPSA) is 49.3 Å². The van der Waals surface area contributed by atoms with Crippen LogP contribution in [0.25, 0.3) is 5.57 Å². The summed E-state index contributed by atoms with van der Waals surface area (Å²) in [7, 11) is 0. The molecule has 1 saturated carbocycles. The van der Waals surface area contributed by atoms with Gasteiger partial charge in [0.1, 0.15) is 5.76 Å². The van der Waals surface area contributed by atoms with Crippen molar-refractivity contribution in [2.45, 2.75) is 38.6 Å². The smallest absolute Gasteiger partial charge is 0.256 e. The molecule has 0 saturated heterocycles. The van der Waals surface area contributed by atoms with Gasteiger partial charge in [-0.3, -0.25) is 4.79 Å². The molecule has 3 nitrogen and oxygen atoms in total. The van der Waals surface area contributed by atoms with Gasteiger partial charge in [0.15, 0.2) is 0 Å². The molecule has 1 fully saturated rings. The standard InChI is InChI=1S/C16H17Cl2NO2/c1-3-8-6-10(17)7-11(18)12(8)13-14(20)16(2,9-4-5-9)19-15(13)21/h6-7,9,20H,3-5H2,1-2H3,(H,19,21). The Morgan fingerprint density at radius 3 is 2.62 bits per heavy atom. The van der Waals surface area contributed by atoms with E-state index in [1.54, 1.807) is 12.1 Å². The second kappa shape index (κ2) is 4.92. The Labute approximate surface area is 133 Å². The number of carbonyl (C=O) groups excluding carboxylic acids is 1. The molecule has 0 spiro atoms. The van der Waals surface area contributed by atoms with Crippen molar-refractivity contribution >= 4 is 34.7 Å². The molecule has 21 heavy (non-hydrogen) atoms. The third kappa shape index (κ3) is 2.23. The fourth-order valence-corrected chi connectivity index (χ4v) is 3.73. The van der Waals surface area contributed by atoms with Crippen molar-refractivity contribution in [1.29, 1.82) is 0 Å². The SMILES string of the molecule is CCc1cc(Cl)cc(Cl)c1C1=C(O)C(C)(C2CC2)NC1=O. The van der Waals surface area contributed by atoms with Gasteiger partial charge in [-0.2, -0.15) is 0 Å². The van der Waals surface area contributed by atoms with Crippen molar-refractivity contribution in [2.24, 2.45) is 5.92 Å². The van der Waals surface area contributed by atoms with E-state index in [1.807, 2.05) is 13.8 Å². The molecule has 2 aliphatic rings.